The number of carbonyl (C=O) groups is 1. The molecule has 1 aliphatic heterocycles. The highest BCUT2D eigenvalue weighted by molar-refractivity contribution is 7.70. The summed E-state index contributed by atoms with van der Waals surface area (Å²) in [6.45, 7) is 14.1. The van der Waals surface area contributed by atoms with E-state index in [4.69, 9.17) is 16.3 Å². The van der Waals surface area contributed by atoms with Gasteiger partial charge in [-0.05, 0) is 90.6 Å². The van der Waals surface area contributed by atoms with E-state index in [0.717, 1.165) is 42.2 Å². The normalized spacial score (nSPS) is 16.9. The lowest BCUT2D eigenvalue weighted by Gasteiger charge is -2.56. The minimum absolute atomic E-state index is 0.212. The number of carbonyl (C=O) groups excluding carboxylic acids is 1. The van der Waals surface area contributed by atoms with Gasteiger partial charge in [-0.1, -0.05) is 17.2 Å². The second-order valence-electron chi connectivity index (χ2n) is 11.5. The number of pyridine rings is 2. The zero-order chi connectivity index (χ0) is 26.9. The van der Waals surface area contributed by atoms with Crippen LogP contribution in [0.5, 0.6) is 0 Å². The molecule has 0 aromatic carbocycles. The Morgan fingerprint density at radius 2 is 1.50 bits per heavy atom. The predicted molar refractivity (Wildman–Crippen MR) is 149 cm³/mol. The number of amides is 1. The highest BCUT2D eigenvalue weighted by Crippen LogP contribution is 2.52. The number of likely N-dealkylation sites (tertiary alicyclic amines) is 1. The average molecular weight is 552 g/mol. The van der Waals surface area contributed by atoms with Crippen LogP contribution in [0.4, 0.5) is 4.79 Å². The molecule has 0 radical (unpaired) electrons. The summed E-state index contributed by atoms with van der Waals surface area (Å²) in [7, 11) is -4.40. The maximum absolute atomic E-state index is 12.0. The van der Waals surface area contributed by atoms with Gasteiger partial charge in [-0.2, -0.15) is 0 Å². The molecule has 2 aromatic heterocycles. The minimum Gasteiger partial charge on any atom is -0.444 e. The molecule has 10 heteroatoms. The molecule has 1 saturated carbocycles. The van der Waals surface area contributed by atoms with Gasteiger partial charge in [0, 0.05) is 41.5 Å². The third-order valence-electron chi connectivity index (χ3n) is 5.99. The Morgan fingerprint density at radius 1 is 0.972 bits per heavy atom. The van der Waals surface area contributed by atoms with E-state index in [1.54, 1.807) is 56.1 Å². The molecule has 2 fully saturated rings. The van der Waals surface area contributed by atoms with Crippen molar-refractivity contribution >= 4 is 48.7 Å². The summed E-state index contributed by atoms with van der Waals surface area (Å²) in [6, 6.07) is 7.23. The molecule has 3 heterocycles. The first-order chi connectivity index (χ1) is 16.5. The molecule has 1 saturated heterocycles. The molecule has 36 heavy (non-hydrogen) atoms. The van der Waals surface area contributed by atoms with E-state index in [2.05, 4.69) is 16.0 Å². The third kappa shape index (κ3) is 7.78. The zero-order valence-electron chi connectivity index (χ0n) is 22.1. The fraction of sp³-hybridized carbons (Fsp3) is 0.500. The van der Waals surface area contributed by atoms with Gasteiger partial charge in [-0.25, -0.2) is 9.78 Å². The number of rotatable bonds is 3. The molecular formula is C26H36ClN3O4P2. The van der Waals surface area contributed by atoms with Gasteiger partial charge in [-0.15, -0.1) is 0 Å². The monoisotopic (exact) mass is 551 g/mol. The van der Waals surface area contributed by atoms with E-state index in [0.29, 0.717) is 5.15 Å². The second kappa shape index (κ2) is 10.4. The molecule has 196 valence electrons. The quantitative estimate of drug-likeness (QED) is 0.358. The molecule has 7 nitrogen and oxygen atoms in total. The van der Waals surface area contributed by atoms with Crippen LogP contribution in [0.2, 0.25) is 5.15 Å². The summed E-state index contributed by atoms with van der Waals surface area (Å²) < 4.78 is 28.9. The lowest BCUT2D eigenvalue weighted by atomic mass is 9.60. The largest absolute Gasteiger partial charge is 0.444 e. The molecule has 2 aromatic rings. The number of aromatic nitrogens is 2. The predicted octanol–water partition coefficient (Wildman–Crippen LogP) is 5.73. The lowest BCUT2D eigenvalue weighted by Crippen LogP contribution is -2.62. The lowest BCUT2D eigenvalue weighted by molar-refractivity contribution is -0.0498. The van der Waals surface area contributed by atoms with E-state index in [-0.39, 0.29) is 11.5 Å². The van der Waals surface area contributed by atoms with Gasteiger partial charge >= 0.3 is 6.09 Å². The molecule has 1 spiro atoms. The molecule has 0 atom stereocenters. The minimum atomic E-state index is -2.25. The Morgan fingerprint density at radius 3 is 1.92 bits per heavy atom. The Kier molecular flexibility index (Phi) is 8.30. The van der Waals surface area contributed by atoms with Crippen LogP contribution in [0.3, 0.4) is 0 Å². The maximum atomic E-state index is 12.0. The van der Waals surface area contributed by atoms with Gasteiger partial charge in [0.05, 0.1) is 5.69 Å². The smallest absolute Gasteiger partial charge is 0.410 e. The number of halogens is 1. The van der Waals surface area contributed by atoms with Crippen LogP contribution in [0.25, 0.3) is 6.08 Å². The number of nitrogens with zero attached hydrogens (tertiary/aromatic N) is 3. The summed E-state index contributed by atoms with van der Waals surface area (Å²) in [5, 5.41) is 2.01. The number of ether oxygens (including phenoxy) is 1. The molecule has 0 unspecified atom stereocenters. The van der Waals surface area contributed by atoms with Crippen molar-refractivity contribution in [2.75, 3.05) is 39.7 Å². The van der Waals surface area contributed by atoms with E-state index < -0.39 is 19.9 Å². The zero-order valence-corrected chi connectivity index (χ0v) is 24.7. The molecular weight excluding hydrogens is 516 g/mol. The first kappa shape index (κ1) is 28.6. The Bertz CT molecular complexity index is 1210. The van der Waals surface area contributed by atoms with Crippen molar-refractivity contribution in [3.05, 3.63) is 53.1 Å². The molecule has 4 rings (SSSR count). The van der Waals surface area contributed by atoms with Crippen LogP contribution in [-0.4, -0.2) is 66.3 Å². The van der Waals surface area contributed by atoms with Gasteiger partial charge in [0.2, 0.25) is 0 Å². The van der Waals surface area contributed by atoms with Gasteiger partial charge in [0.1, 0.15) is 25.0 Å². The fourth-order valence-electron chi connectivity index (χ4n) is 4.15. The Labute approximate surface area is 219 Å². The van der Waals surface area contributed by atoms with Crippen LogP contribution in [-0.2, 0) is 13.9 Å². The van der Waals surface area contributed by atoms with E-state index in [9.17, 15) is 13.9 Å². The van der Waals surface area contributed by atoms with Gasteiger partial charge in [-0.3, -0.25) is 4.98 Å². The van der Waals surface area contributed by atoms with E-state index >= 15 is 0 Å². The third-order valence-corrected chi connectivity index (χ3v) is 9.23. The molecule has 0 N–H and O–H groups in total. The summed E-state index contributed by atoms with van der Waals surface area (Å²) >= 11 is 5.56. The first-order valence-corrected chi connectivity index (χ1v) is 17.4. The highest BCUT2D eigenvalue weighted by Gasteiger charge is 2.52. The van der Waals surface area contributed by atoms with Crippen molar-refractivity contribution < 1.29 is 18.7 Å². The van der Waals surface area contributed by atoms with Crippen molar-refractivity contribution in [3.63, 3.8) is 0 Å². The standard InChI is InChI=1S/C19H27N2O3P.C7H9ClNOP/c1-18(2,3)24-17(22)21-12-19(13-21)9-14(10-19)8-15-6-7-16(11-20-15)25(4,5)23;1-11(2,10)6-3-4-7(8)9-5-6/h6-8,11H,9-10,12-13H2,1-5H3;3-5H,1-2H3. The maximum Gasteiger partial charge on any atom is 0.410 e. The summed E-state index contributed by atoms with van der Waals surface area (Å²) in [5.74, 6) is 0. The van der Waals surface area contributed by atoms with Crippen molar-refractivity contribution in [1.82, 2.24) is 14.9 Å². The molecule has 2 aliphatic rings. The summed E-state index contributed by atoms with van der Waals surface area (Å²) in [5.41, 5.74) is 2.07. The van der Waals surface area contributed by atoms with E-state index in [1.165, 1.54) is 5.57 Å². The summed E-state index contributed by atoms with van der Waals surface area (Å²) in [6.07, 6.45) is 7.20. The number of hydrogen-bond acceptors (Lipinski definition) is 6. The Hall–Kier alpha value is -1.94. The van der Waals surface area contributed by atoms with Gasteiger partial charge in [0.25, 0.3) is 0 Å². The number of hydrogen-bond donors (Lipinski definition) is 0. The molecule has 1 aliphatic carbocycles. The van der Waals surface area contributed by atoms with E-state index in [1.807, 2.05) is 32.9 Å². The highest BCUT2D eigenvalue weighted by atomic mass is 35.5. The van der Waals surface area contributed by atoms with Gasteiger partial charge < -0.3 is 18.8 Å². The van der Waals surface area contributed by atoms with Crippen molar-refractivity contribution in [3.8, 4) is 0 Å². The van der Waals surface area contributed by atoms with Crippen LogP contribution in [0.1, 0.15) is 39.3 Å². The van der Waals surface area contributed by atoms with Crippen LogP contribution >= 0.6 is 25.9 Å². The second-order valence-corrected chi connectivity index (χ2v) is 18.3. The Balaban J connectivity index is 0.000000275. The van der Waals surface area contributed by atoms with Crippen LogP contribution < -0.4 is 10.6 Å². The van der Waals surface area contributed by atoms with Crippen molar-refractivity contribution in [2.24, 2.45) is 5.41 Å². The van der Waals surface area contributed by atoms with Crippen LogP contribution in [0, 0.1) is 5.41 Å². The fourth-order valence-corrected chi connectivity index (χ4v) is 5.80. The summed E-state index contributed by atoms with van der Waals surface area (Å²) in [4.78, 5) is 22.0. The topological polar surface area (TPSA) is 89.5 Å². The van der Waals surface area contributed by atoms with Crippen molar-refractivity contribution in [2.45, 2.75) is 39.2 Å². The van der Waals surface area contributed by atoms with Gasteiger partial charge in [0.15, 0.2) is 0 Å². The average Bonchev–Trinajstić information content (AvgIpc) is 2.67. The molecule has 1 amide bonds. The SMILES string of the molecule is CC(C)(C)OC(=O)N1CC2(CC(=Cc3ccc(P(C)(C)=O)cn3)C2)C1.CP(C)(=O)c1ccc(Cl)nc1. The van der Waals surface area contributed by atoms with Crippen LogP contribution in [0.15, 0.2) is 42.2 Å². The number of allylic oxidation sites excluding steroid dienone is 1. The first-order valence-electron chi connectivity index (χ1n) is 11.8. The van der Waals surface area contributed by atoms with Crippen molar-refractivity contribution in [1.29, 1.82) is 0 Å². The molecule has 0 bridgehead atoms.